The van der Waals surface area contributed by atoms with Crippen molar-refractivity contribution in [1.82, 2.24) is 0 Å². The molecule has 1 aliphatic rings. The van der Waals surface area contributed by atoms with E-state index in [0.29, 0.717) is 5.92 Å². The zero-order chi connectivity index (χ0) is 41.5. The molecule has 296 valence electrons. The SMILES string of the molecule is C1=CC(c2ccccc2)CC=C1N(c1ccccc1)c1ccc(-c2ccc(-c3ccc(-c4ccc(N(c5ccccc5)c5ccc(-c6ccccc6)cc5)cc4)cc3)cc2)cc1. The molecule has 0 saturated heterocycles. The molecule has 1 atom stereocenters. The smallest absolute Gasteiger partial charge is 0.0462 e. The summed E-state index contributed by atoms with van der Waals surface area (Å²) in [4.78, 5) is 4.67. The minimum atomic E-state index is 0.395. The predicted molar refractivity (Wildman–Crippen MR) is 262 cm³/mol. The number of allylic oxidation sites excluding steroid dienone is 3. The maximum absolute atomic E-state index is 2.37. The first-order valence-electron chi connectivity index (χ1n) is 21.4. The van der Waals surface area contributed by atoms with Gasteiger partial charge in [-0.1, -0.05) is 194 Å². The summed E-state index contributed by atoms with van der Waals surface area (Å²) in [5.74, 6) is 0.395. The third-order valence-corrected chi connectivity index (χ3v) is 11.8. The van der Waals surface area contributed by atoms with Crippen molar-refractivity contribution in [2.24, 2.45) is 0 Å². The van der Waals surface area contributed by atoms with Gasteiger partial charge in [-0.05, 0) is 123 Å². The lowest BCUT2D eigenvalue weighted by Crippen LogP contribution is -2.17. The Labute approximate surface area is 365 Å². The first-order chi connectivity index (χ1) is 30.7. The van der Waals surface area contributed by atoms with Crippen LogP contribution in [0.15, 0.2) is 267 Å². The molecule has 1 aliphatic carbocycles. The van der Waals surface area contributed by atoms with Gasteiger partial charge in [0.1, 0.15) is 0 Å². The standard InChI is InChI=1S/C60H46N2/c1-5-13-45(14-6-1)51-29-37-57(38-30-51)61(55-17-9-3-10-18-55)59-41-33-53(34-42-59)49-25-21-47(22-26-49)48-23-27-50(28-24-48)54-35-43-60(44-36-54)62(56-19-11-4-12-20-56)58-39-31-52(32-40-58)46-15-7-2-8-16-46/h1-31,33-44,52H,32H2. The minimum absolute atomic E-state index is 0.395. The Hall–Kier alpha value is -7.94. The van der Waals surface area contributed by atoms with E-state index in [1.54, 1.807) is 0 Å². The van der Waals surface area contributed by atoms with E-state index in [0.717, 1.165) is 34.9 Å². The van der Waals surface area contributed by atoms with Crippen LogP contribution in [-0.4, -0.2) is 0 Å². The van der Waals surface area contributed by atoms with E-state index in [2.05, 4.69) is 271 Å². The summed E-state index contributed by atoms with van der Waals surface area (Å²) in [7, 11) is 0. The molecule has 9 aromatic carbocycles. The lowest BCUT2D eigenvalue weighted by Gasteiger charge is -2.29. The molecule has 0 bridgehead atoms. The van der Waals surface area contributed by atoms with Gasteiger partial charge in [-0.3, -0.25) is 0 Å². The Bertz CT molecular complexity index is 2900. The van der Waals surface area contributed by atoms with Gasteiger partial charge in [-0.25, -0.2) is 0 Å². The highest BCUT2D eigenvalue weighted by atomic mass is 15.1. The van der Waals surface area contributed by atoms with Gasteiger partial charge in [0.25, 0.3) is 0 Å². The number of para-hydroxylation sites is 2. The Kier molecular flexibility index (Phi) is 10.9. The summed E-state index contributed by atoms with van der Waals surface area (Å²) in [6.07, 6.45) is 7.96. The van der Waals surface area contributed by atoms with Crippen molar-refractivity contribution in [2.45, 2.75) is 12.3 Å². The number of hydrogen-bond donors (Lipinski definition) is 0. The Morgan fingerprint density at radius 3 is 0.935 bits per heavy atom. The van der Waals surface area contributed by atoms with E-state index >= 15 is 0 Å². The zero-order valence-electron chi connectivity index (χ0n) is 34.5. The molecule has 0 amide bonds. The molecular formula is C60H46N2. The van der Waals surface area contributed by atoms with Crippen LogP contribution < -0.4 is 9.80 Å². The van der Waals surface area contributed by atoms with Crippen LogP contribution in [0, 0.1) is 0 Å². The Morgan fingerprint density at radius 1 is 0.274 bits per heavy atom. The van der Waals surface area contributed by atoms with Crippen molar-refractivity contribution in [1.29, 1.82) is 0 Å². The van der Waals surface area contributed by atoms with Crippen molar-refractivity contribution < 1.29 is 0 Å². The monoisotopic (exact) mass is 794 g/mol. The predicted octanol–water partition coefficient (Wildman–Crippen LogP) is 16.6. The van der Waals surface area contributed by atoms with Crippen LogP contribution in [-0.2, 0) is 0 Å². The van der Waals surface area contributed by atoms with Crippen molar-refractivity contribution in [3.63, 3.8) is 0 Å². The van der Waals surface area contributed by atoms with Crippen LogP contribution in [0.4, 0.5) is 28.4 Å². The number of hydrogen-bond acceptors (Lipinski definition) is 2. The van der Waals surface area contributed by atoms with Crippen molar-refractivity contribution in [3.05, 3.63) is 272 Å². The second-order valence-electron chi connectivity index (χ2n) is 15.7. The minimum Gasteiger partial charge on any atom is -0.311 e. The highest BCUT2D eigenvalue weighted by molar-refractivity contribution is 5.81. The molecule has 1 unspecified atom stereocenters. The fraction of sp³-hybridized carbons (Fsp3) is 0.0333. The van der Waals surface area contributed by atoms with Gasteiger partial charge in [0, 0.05) is 40.1 Å². The third kappa shape index (κ3) is 8.28. The van der Waals surface area contributed by atoms with Crippen LogP contribution in [0.3, 0.4) is 0 Å². The zero-order valence-corrected chi connectivity index (χ0v) is 34.5. The van der Waals surface area contributed by atoms with E-state index in [4.69, 9.17) is 0 Å². The van der Waals surface area contributed by atoms with E-state index < -0.39 is 0 Å². The number of anilines is 5. The lowest BCUT2D eigenvalue weighted by atomic mass is 9.91. The molecule has 0 N–H and O–H groups in total. The number of benzene rings is 9. The van der Waals surface area contributed by atoms with Gasteiger partial charge in [-0.2, -0.15) is 0 Å². The van der Waals surface area contributed by atoms with Gasteiger partial charge in [-0.15, -0.1) is 0 Å². The second kappa shape index (κ2) is 17.7. The molecular weight excluding hydrogens is 749 g/mol. The summed E-state index contributed by atoms with van der Waals surface area (Å²) < 4.78 is 0. The fourth-order valence-electron chi connectivity index (χ4n) is 8.52. The van der Waals surface area contributed by atoms with E-state index in [1.807, 2.05) is 0 Å². The molecule has 0 spiro atoms. The molecule has 0 saturated carbocycles. The van der Waals surface area contributed by atoms with Gasteiger partial charge >= 0.3 is 0 Å². The molecule has 0 aliphatic heterocycles. The van der Waals surface area contributed by atoms with Gasteiger partial charge in [0.2, 0.25) is 0 Å². The maximum atomic E-state index is 2.37. The Morgan fingerprint density at radius 2 is 0.565 bits per heavy atom. The fourth-order valence-corrected chi connectivity index (χ4v) is 8.52. The summed E-state index contributed by atoms with van der Waals surface area (Å²) in [5.41, 5.74) is 17.8. The largest absolute Gasteiger partial charge is 0.311 e. The molecule has 9 aromatic rings. The highest BCUT2D eigenvalue weighted by Crippen LogP contribution is 2.39. The summed E-state index contributed by atoms with van der Waals surface area (Å²) in [6, 6.07) is 87.0. The third-order valence-electron chi connectivity index (χ3n) is 11.8. The second-order valence-corrected chi connectivity index (χ2v) is 15.7. The van der Waals surface area contributed by atoms with Crippen molar-refractivity contribution >= 4 is 28.4 Å². The summed E-state index contributed by atoms with van der Waals surface area (Å²) >= 11 is 0. The van der Waals surface area contributed by atoms with E-state index in [1.165, 1.54) is 55.8 Å². The number of rotatable bonds is 11. The van der Waals surface area contributed by atoms with Gasteiger partial charge in [0.15, 0.2) is 0 Å². The molecule has 0 fully saturated rings. The molecule has 0 aromatic heterocycles. The quantitative estimate of drug-likeness (QED) is 0.129. The topological polar surface area (TPSA) is 6.48 Å². The number of nitrogens with zero attached hydrogens (tertiary/aromatic N) is 2. The first kappa shape index (κ1) is 38.3. The maximum Gasteiger partial charge on any atom is 0.0462 e. The summed E-state index contributed by atoms with van der Waals surface area (Å²) in [6.45, 7) is 0. The average Bonchev–Trinajstić information content (AvgIpc) is 3.36. The van der Waals surface area contributed by atoms with Crippen LogP contribution >= 0.6 is 0 Å². The first-order valence-corrected chi connectivity index (χ1v) is 21.4. The van der Waals surface area contributed by atoms with Gasteiger partial charge in [0.05, 0.1) is 0 Å². The molecule has 0 radical (unpaired) electrons. The summed E-state index contributed by atoms with van der Waals surface area (Å²) in [5, 5.41) is 0. The normalized spacial score (nSPS) is 13.3. The van der Waals surface area contributed by atoms with Crippen LogP contribution in [0.25, 0.3) is 44.5 Å². The van der Waals surface area contributed by atoms with E-state index in [-0.39, 0.29) is 0 Å². The molecule has 2 nitrogen and oxygen atoms in total. The lowest BCUT2D eigenvalue weighted by molar-refractivity contribution is 0.840. The highest BCUT2D eigenvalue weighted by Gasteiger charge is 2.18. The van der Waals surface area contributed by atoms with Crippen LogP contribution in [0.2, 0.25) is 0 Å². The Balaban J connectivity index is 0.834. The molecule has 2 heteroatoms. The molecule has 62 heavy (non-hydrogen) atoms. The van der Waals surface area contributed by atoms with Crippen LogP contribution in [0.5, 0.6) is 0 Å². The van der Waals surface area contributed by atoms with Crippen molar-refractivity contribution in [3.8, 4) is 44.5 Å². The van der Waals surface area contributed by atoms with Gasteiger partial charge < -0.3 is 9.80 Å². The van der Waals surface area contributed by atoms with E-state index in [9.17, 15) is 0 Å². The van der Waals surface area contributed by atoms with Crippen molar-refractivity contribution in [2.75, 3.05) is 9.80 Å². The molecule has 10 rings (SSSR count). The average molecular weight is 795 g/mol. The molecule has 0 heterocycles. The van der Waals surface area contributed by atoms with Crippen LogP contribution in [0.1, 0.15) is 17.9 Å².